The molecule has 2 aliphatic rings. The van der Waals surface area contributed by atoms with Crippen LogP contribution in [0.15, 0.2) is 23.2 Å². The highest BCUT2D eigenvalue weighted by molar-refractivity contribution is 7.89. The molecule has 1 aromatic rings. The summed E-state index contributed by atoms with van der Waals surface area (Å²) in [7, 11) is -3.45. The molecule has 0 amide bonds. The molecule has 0 bridgehead atoms. The fourth-order valence-electron chi connectivity index (χ4n) is 2.57. The highest BCUT2D eigenvalue weighted by Crippen LogP contribution is 2.28. The first-order valence-corrected chi connectivity index (χ1v) is 9.27. The number of anilines is 1. The van der Waals surface area contributed by atoms with Gasteiger partial charge in [-0.05, 0) is 50.7 Å². The first kappa shape index (κ1) is 15.7. The smallest absolute Gasteiger partial charge is 0.242 e. The molecule has 1 aliphatic carbocycles. The molecule has 2 heterocycles. The number of nitrogens with one attached hydrogen (secondary N) is 1. The van der Waals surface area contributed by atoms with Gasteiger partial charge in [-0.15, -0.1) is 0 Å². The van der Waals surface area contributed by atoms with Gasteiger partial charge >= 0.3 is 0 Å². The zero-order chi connectivity index (χ0) is 15.8. The molecular formula is C15H23N3O3S. The SMILES string of the molecule is CC1(O)CCN(c2ccc(S(=O)(=O)NCC3CC3)cn2)CC1. The van der Waals surface area contributed by atoms with Crippen molar-refractivity contribution in [2.45, 2.75) is 43.1 Å². The van der Waals surface area contributed by atoms with E-state index in [0.29, 0.717) is 25.3 Å². The van der Waals surface area contributed by atoms with Crippen molar-refractivity contribution < 1.29 is 13.5 Å². The second kappa shape index (κ2) is 5.79. The molecule has 7 heteroatoms. The van der Waals surface area contributed by atoms with Gasteiger partial charge < -0.3 is 10.0 Å². The van der Waals surface area contributed by atoms with E-state index in [1.807, 2.05) is 6.92 Å². The monoisotopic (exact) mass is 325 g/mol. The summed E-state index contributed by atoms with van der Waals surface area (Å²) in [4.78, 5) is 6.57. The van der Waals surface area contributed by atoms with E-state index >= 15 is 0 Å². The molecule has 1 saturated carbocycles. The van der Waals surface area contributed by atoms with Crippen LogP contribution in [0.3, 0.4) is 0 Å². The maximum Gasteiger partial charge on any atom is 0.242 e. The van der Waals surface area contributed by atoms with Gasteiger partial charge in [-0.1, -0.05) is 0 Å². The average Bonchev–Trinajstić information content (AvgIpc) is 3.30. The van der Waals surface area contributed by atoms with Gasteiger partial charge in [-0.3, -0.25) is 0 Å². The number of aliphatic hydroxyl groups is 1. The number of hydrogen-bond acceptors (Lipinski definition) is 5. The summed E-state index contributed by atoms with van der Waals surface area (Å²) in [6.07, 6.45) is 5.02. The molecule has 2 N–H and O–H groups in total. The fraction of sp³-hybridized carbons (Fsp3) is 0.667. The number of nitrogens with zero attached hydrogens (tertiary/aromatic N) is 2. The summed E-state index contributed by atoms with van der Waals surface area (Å²) < 4.78 is 26.9. The second-order valence-corrected chi connectivity index (χ2v) is 8.40. The van der Waals surface area contributed by atoms with E-state index in [0.717, 1.165) is 31.7 Å². The Balaban J connectivity index is 1.64. The minimum Gasteiger partial charge on any atom is -0.390 e. The molecule has 0 aromatic carbocycles. The lowest BCUT2D eigenvalue weighted by Gasteiger charge is -2.36. The third kappa shape index (κ3) is 3.77. The average molecular weight is 325 g/mol. The summed E-state index contributed by atoms with van der Waals surface area (Å²) in [6.45, 7) is 3.82. The normalized spacial score (nSPS) is 21.8. The van der Waals surface area contributed by atoms with Gasteiger partial charge in [-0.2, -0.15) is 0 Å². The quantitative estimate of drug-likeness (QED) is 0.848. The van der Waals surface area contributed by atoms with Crippen molar-refractivity contribution in [2.24, 2.45) is 5.92 Å². The highest BCUT2D eigenvalue weighted by atomic mass is 32.2. The van der Waals surface area contributed by atoms with Gasteiger partial charge in [0.05, 0.1) is 5.60 Å². The van der Waals surface area contributed by atoms with Crippen molar-refractivity contribution in [2.75, 3.05) is 24.5 Å². The summed E-state index contributed by atoms with van der Waals surface area (Å²) in [6, 6.07) is 3.34. The van der Waals surface area contributed by atoms with E-state index < -0.39 is 15.6 Å². The molecule has 22 heavy (non-hydrogen) atoms. The van der Waals surface area contributed by atoms with E-state index in [2.05, 4.69) is 14.6 Å². The molecule has 0 radical (unpaired) electrons. The van der Waals surface area contributed by atoms with Crippen LogP contribution in [-0.4, -0.2) is 43.7 Å². The van der Waals surface area contributed by atoms with Crippen molar-refractivity contribution in [3.63, 3.8) is 0 Å². The molecule has 0 spiro atoms. The Labute approximate surface area is 131 Å². The molecule has 6 nitrogen and oxygen atoms in total. The molecule has 3 rings (SSSR count). The molecule has 1 aromatic heterocycles. The minimum atomic E-state index is -3.45. The van der Waals surface area contributed by atoms with Gasteiger partial charge in [0.2, 0.25) is 10.0 Å². The van der Waals surface area contributed by atoms with Crippen LogP contribution in [0, 0.1) is 5.92 Å². The van der Waals surface area contributed by atoms with Gasteiger partial charge in [0, 0.05) is 25.8 Å². The van der Waals surface area contributed by atoms with E-state index in [1.165, 1.54) is 6.20 Å². The van der Waals surface area contributed by atoms with Crippen LogP contribution < -0.4 is 9.62 Å². The van der Waals surface area contributed by atoms with Crippen molar-refractivity contribution in [1.82, 2.24) is 9.71 Å². The summed E-state index contributed by atoms with van der Waals surface area (Å²) >= 11 is 0. The summed E-state index contributed by atoms with van der Waals surface area (Å²) in [5.74, 6) is 1.26. The van der Waals surface area contributed by atoms with Crippen LogP contribution in [0.5, 0.6) is 0 Å². The Morgan fingerprint density at radius 1 is 1.36 bits per heavy atom. The van der Waals surface area contributed by atoms with Gasteiger partial charge in [0.15, 0.2) is 0 Å². The lowest BCUT2D eigenvalue weighted by Crippen LogP contribution is -2.42. The van der Waals surface area contributed by atoms with Gasteiger partial charge in [0.25, 0.3) is 0 Å². The Morgan fingerprint density at radius 3 is 2.59 bits per heavy atom. The summed E-state index contributed by atoms with van der Waals surface area (Å²) in [5, 5.41) is 9.96. The maximum absolute atomic E-state index is 12.1. The number of pyridine rings is 1. The molecule has 0 unspecified atom stereocenters. The number of aromatic nitrogens is 1. The van der Waals surface area contributed by atoms with Crippen LogP contribution in [0.1, 0.15) is 32.6 Å². The molecule has 1 aliphatic heterocycles. The molecule has 0 atom stereocenters. The van der Waals surface area contributed by atoms with Crippen molar-refractivity contribution >= 4 is 15.8 Å². The minimum absolute atomic E-state index is 0.209. The van der Waals surface area contributed by atoms with Crippen LogP contribution in [0.4, 0.5) is 5.82 Å². The number of rotatable bonds is 5. The van der Waals surface area contributed by atoms with E-state index in [1.54, 1.807) is 12.1 Å². The summed E-state index contributed by atoms with van der Waals surface area (Å²) in [5.41, 5.74) is -0.605. The Hall–Kier alpha value is -1.18. The fourth-order valence-corrected chi connectivity index (χ4v) is 3.63. The van der Waals surface area contributed by atoms with Crippen molar-refractivity contribution in [1.29, 1.82) is 0 Å². The van der Waals surface area contributed by atoms with Crippen molar-refractivity contribution in [3.05, 3.63) is 18.3 Å². The molecule has 2 fully saturated rings. The lowest BCUT2D eigenvalue weighted by molar-refractivity contribution is 0.0350. The van der Waals surface area contributed by atoms with E-state index in [9.17, 15) is 13.5 Å². The zero-order valence-corrected chi connectivity index (χ0v) is 13.6. The van der Waals surface area contributed by atoms with Crippen LogP contribution in [0.25, 0.3) is 0 Å². The van der Waals surface area contributed by atoms with Crippen molar-refractivity contribution in [3.8, 4) is 0 Å². The second-order valence-electron chi connectivity index (χ2n) is 6.63. The lowest BCUT2D eigenvalue weighted by atomic mass is 9.94. The highest BCUT2D eigenvalue weighted by Gasteiger charge is 2.28. The van der Waals surface area contributed by atoms with E-state index in [-0.39, 0.29) is 4.90 Å². The van der Waals surface area contributed by atoms with Crippen LogP contribution in [-0.2, 0) is 10.0 Å². The molecule has 1 saturated heterocycles. The first-order valence-electron chi connectivity index (χ1n) is 7.79. The number of sulfonamides is 1. The Bertz CT molecular complexity index is 614. The predicted octanol–water partition coefficient (Wildman–Crippen LogP) is 1.12. The zero-order valence-electron chi connectivity index (χ0n) is 12.8. The van der Waals surface area contributed by atoms with E-state index in [4.69, 9.17) is 0 Å². The predicted molar refractivity (Wildman–Crippen MR) is 84.2 cm³/mol. The number of hydrogen-bond donors (Lipinski definition) is 2. The largest absolute Gasteiger partial charge is 0.390 e. The third-order valence-electron chi connectivity index (χ3n) is 4.45. The molecule has 122 valence electrons. The number of piperidine rings is 1. The topological polar surface area (TPSA) is 82.5 Å². The Morgan fingerprint density at radius 2 is 2.05 bits per heavy atom. The first-order chi connectivity index (χ1) is 10.4. The molecular weight excluding hydrogens is 302 g/mol. The van der Waals surface area contributed by atoms with Gasteiger partial charge in [-0.25, -0.2) is 18.1 Å². The Kier molecular flexibility index (Phi) is 4.13. The third-order valence-corrected chi connectivity index (χ3v) is 5.86. The van der Waals surface area contributed by atoms with Gasteiger partial charge in [0.1, 0.15) is 10.7 Å². The maximum atomic E-state index is 12.1. The van der Waals surface area contributed by atoms with Crippen LogP contribution in [0.2, 0.25) is 0 Å². The standard InChI is InChI=1S/C15H23N3O3S/c1-15(19)6-8-18(9-7-15)14-5-4-13(11-16-14)22(20,21)17-10-12-2-3-12/h4-5,11-12,17,19H,2-3,6-10H2,1H3. The van der Waals surface area contributed by atoms with Crippen LogP contribution >= 0.6 is 0 Å².